The van der Waals surface area contributed by atoms with Gasteiger partial charge < -0.3 is 29.7 Å². The predicted octanol–water partition coefficient (Wildman–Crippen LogP) is 3.51. The van der Waals surface area contributed by atoms with Crippen LogP contribution in [0.25, 0.3) is 0 Å². The zero-order chi connectivity index (χ0) is 26.3. The zero-order valence-electron chi connectivity index (χ0n) is 22.6. The molecule has 1 amide bonds. The van der Waals surface area contributed by atoms with Crippen molar-refractivity contribution in [1.29, 1.82) is 0 Å². The van der Waals surface area contributed by atoms with Crippen molar-refractivity contribution in [3.8, 4) is 0 Å². The van der Waals surface area contributed by atoms with Crippen molar-refractivity contribution in [2.24, 2.45) is 0 Å². The summed E-state index contributed by atoms with van der Waals surface area (Å²) < 4.78 is 17.5. The van der Waals surface area contributed by atoms with E-state index in [9.17, 15) is 4.79 Å². The van der Waals surface area contributed by atoms with Gasteiger partial charge in [0.1, 0.15) is 17.8 Å². The van der Waals surface area contributed by atoms with Gasteiger partial charge in [0.05, 0.1) is 24.9 Å². The summed E-state index contributed by atoms with van der Waals surface area (Å²) in [6.45, 7) is 5.39. The molecule has 0 radical (unpaired) electrons. The van der Waals surface area contributed by atoms with Crippen LogP contribution in [-0.4, -0.2) is 85.0 Å². The summed E-state index contributed by atoms with van der Waals surface area (Å²) in [6.07, 6.45) is 7.76. The Bertz CT molecular complexity index is 1050. The molecule has 3 fully saturated rings. The maximum Gasteiger partial charge on any atom is 0.272 e. The fourth-order valence-electron chi connectivity index (χ4n) is 5.85. The van der Waals surface area contributed by atoms with Crippen molar-refractivity contribution < 1.29 is 19.0 Å². The molecule has 0 bridgehead atoms. The van der Waals surface area contributed by atoms with Crippen LogP contribution < -0.4 is 10.6 Å². The van der Waals surface area contributed by atoms with Gasteiger partial charge in [0.15, 0.2) is 0 Å². The average Bonchev–Trinajstić information content (AvgIpc) is 2.97. The SMILES string of the molecule is COC1COCCC1NC1CCN(C(=O)c2ncnc(NCC3CCCC(c4ccccc4)O3)c2C)CC1. The molecular weight excluding hydrogens is 482 g/mol. The van der Waals surface area contributed by atoms with E-state index in [1.807, 2.05) is 17.9 Å². The number of aromatic nitrogens is 2. The lowest BCUT2D eigenvalue weighted by Gasteiger charge is -2.38. The number of likely N-dealkylation sites (tertiary alicyclic amines) is 1. The Morgan fingerprint density at radius 2 is 1.92 bits per heavy atom. The molecule has 4 unspecified atom stereocenters. The monoisotopic (exact) mass is 523 g/mol. The van der Waals surface area contributed by atoms with Gasteiger partial charge in [-0.1, -0.05) is 30.3 Å². The van der Waals surface area contributed by atoms with Crippen LogP contribution >= 0.6 is 0 Å². The first-order valence-electron chi connectivity index (χ1n) is 14.0. The quantitative estimate of drug-likeness (QED) is 0.543. The van der Waals surface area contributed by atoms with E-state index in [0.717, 1.165) is 50.7 Å². The van der Waals surface area contributed by atoms with Gasteiger partial charge >= 0.3 is 0 Å². The molecule has 38 heavy (non-hydrogen) atoms. The molecule has 1 aromatic carbocycles. The number of nitrogens with one attached hydrogen (secondary N) is 2. The van der Waals surface area contributed by atoms with Gasteiger partial charge in [0.25, 0.3) is 5.91 Å². The predicted molar refractivity (Wildman–Crippen MR) is 145 cm³/mol. The number of methoxy groups -OCH3 is 1. The second-order valence-electron chi connectivity index (χ2n) is 10.6. The number of anilines is 1. The molecule has 5 rings (SSSR count). The fourth-order valence-corrected chi connectivity index (χ4v) is 5.85. The molecule has 9 nitrogen and oxygen atoms in total. The number of hydrogen-bond donors (Lipinski definition) is 2. The second kappa shape index (κ2) is 13.0. The van der Waals surface area contributed by atoms with E-state index in [1.54, 1.807) is 7.11 Å². The van der Waals surface area contributed by atoms with Crippen LogP contribution in [-0.2, 0) is 14.2 Å². The van der Waals surface area contributed by atoms with Gasteiger partial charge in [-0.05, 0) is 51.0 Å². The third-order valence-corrected chi connectivity index (χ3v) is 8.14. The molecule has 2 N–H and O–H groups in total. The van der Waals surface area contributed by atoms with Crippen molar-refractivity contribution in [1.82, 2.24) is 20.2 Å². The van der Waals surface area contributed by atoms with E-state index in [-0.39, 0.29) is 24.2 Å². The highest BCUT2D eigenvalue weighted by Crippen LogP contribution is 2.31. The molecule has 3 saturated heterocycles. The van der Waals surface area contributed by atoms with Gasteiger partial charge in [-0.3, -0.25) is 4.79 Å². The summed E-state index contributed by atoms with van der Waals surface area (Å²) in [4.78, 5) is 24.1. The number of amides is 1. The summed E-state index contributed by atoms with van der Waals surface area (Å²) in [5.74, 6) is 0.681. The number of rotatable bonds is 8. The fraction of sp³-hybridized carbons (Fsp3) is 0.621. The van der Waals surface area contributed by atoms with E-state index in [0.29, 0.717) is 49.8 Å². The first-order valence-corrected chi connectivity index (χ1v) is 14.0. The Kier molecular flexibility index (Phi) is 9.22. The number of carbonyl (C=O) groups excluding carboxylic acids is 1. The average molecular weight is 524 g/mol. The standard InChI is InChI=1S/C29H41N5O4/c1-20-27(29(35)34-14-11-22(12-15-34)33-24-13-16-37-18-26(24)36-2)31-19-32-28(20)30-17-23-9-6-10-25(38-23)21-7-4-3-5-8-21/h3-5,7-8,19,22-26,33H,6,9-18H2,1-2H3,(H,30,31,32). The van der Waals surface area contributed by atoms with Crippen molar-refractivity contribution in [2.75, 3.05) is 45.3 Å². The van der Waals surface area contributed by atoms with E-state index < -0.39 is 0 Å². The first-order chi connectivity index (χ1) is 18.6. The topological polar surface area (TPSA) is 97.8 Å². The summed E-state index contributed by atoms with van der Waals surface area (Å²) >= 11 is 0. The number of carbonyl (C=O) groups is 1. The third-order valence-electron chi connectivity index (χ3n) is 8.14. The van der Waals surface area contributed by atoms with E-state index in [2.05, 4.69) is 44.9 Å². The molecule has 0 saturated carbocycles. The van der Waals surface area contributed by atoms with Crippen LogP contribution in [0.3, 0.4) is 0 Å². The first kappa shape index (κ1) is 27.0. The molecule has 9 heteroatoms. The molecule has 3 aliphatic rings. The van der Waals surface area contributed by atoms with Crippen LogP contribution in [0.4, 0.5) is 5.82 Å². The third kappa shape index (κ3) is 6.51. The molecule has 3 aliphatic heterocycles. The molecule has 4 heterocycles. The van der Waals surface area contributed by atoms with E-state index in [1.165, 1.54) is 11.9 Å². The van der Waals surface area contributed by atoms with Gasteiger partial charge in [-0.25, -0.2) is 9.97 Å². The minimum atomic E-state index is -0.0229. The molecule has 0 aliphatic carbocycles. The Labute approximate surface area is 225 Å². The maximum atomic E-state index is 13.4. The number of ether oxygens (including phenoxy) is 3. The normalized spacial score (nSPS) is 26.7. The number of hydrogen-bond acceptors (Lipinski definition) is 8. The van der Waals surface area contributed by atoms with Crippen molar-refractivity contribution in [2.45, 2.75) is 75.8 Å². The van der Waals surface area contributed by atoms with Crippen LogP contribution in [0.2, 0.25) is 0 Å². The summed E-state index contributed by atoms with van der Waals surface area (Å²) in [5.41, 5.74) is 2.50. The second-order valence-corrected chi connectivity index (χ2v) is 10.6. The Balaban J connectivity index is 1.13. The lowest BCUT2D eigenvalue weighted by Crippen LogP contribution is -2.54. The highest BCUT2D eigenvalue weighted by atomic mass is 16.5. The van der Waals surface area contributed by atoms with Crippen molar-refractivity contribution in [3.63, 3.8) is 0 Å². The summed E-state index contributed by atoms with van der Waals surface area (Å²) in [6, 6.07) is 11.1. The Morgan fingerprint density at radius 3 is 2.71 bits per heavy atom. The van der Waals surface area contributed by atoms with E-state index >= 15 is 0 Å². The lowest BCUT2D eigenvalue weighted by molar-refractivity contribution is -0.0533. The molecular formula is C29H41N5O4. The molecule has 4 atom stereocenters. The highest BCUT2D eigenvalue weighted by Gasteiger charge is 2.31. The maximum absolute atomic E-state index is 13.4. The summed E-state index contributed by atoms with van der Waals surface area (Å²) in [7, 11) is 1.74. The largest absolute Gasteiger partial charge is 0.379 e. The molecule has 1 aromatic heterocycles. The van der Waals surface area contributed by atoms with Gasteiger partial charge in [-0.15, -0.1) is 0 Å². The minimum absolute atomic E-state index is 0.0229. The van der Waals surface area contributed by atoms with Crippen molar-refractivity contribution in [3.05, 3.63) is 53.5 Å². The van der Waals surface area contributed by atoms with Crippen molar-refractivity contribution >= 4 is 11.7 Å². The van der Waals surface area contributed by atoms with Crippen LogP contribution in [0.15, 0.2) is 36.7 Å². The van der Waals surface area contributed by atoms with E-state index in [4.69, 9.17) is 14.2 Å². The smallest absolute Gasteiger partial charge is 0.272 e. The van der Waals surface area contributed by atoms with Crippen LogP contribution in [0.5, 0.6) is 0 Å². The number of piperidine rings is 1. The lowest BCUT2D eigenvalue weighted by atomic mass is 9.98. The highest BCUT2D eigenvalue weighted by molar-refractivity contribution is 5.94. The van der Waals surface area contributed by atoms with Gasteiger partial charge in [0, 0.05) is 51.0 Å². The minimum Gasteiger partial charge on any atom is -0.379 e. The number of nitrogens with zero attached hydrogens (tertiary/aromatic N) is 3. The van der Waals surface area contributed by atoms with Crippen LogP contribution in [0.1, 0.15) is 66.2 Å². The van der Waals surface area contributed by atoms with Crippen LogP contribution in [0, 0.1) is 6.92 Å². The number of benzene rings is 1. The van der Waals surface area contributed by atoms with Gasteiger partial charge in [-0.2, -0.15) is 0 Å². The van der Waals surface area contributed by atoms with Gasteiger partial charge in [0.2, 0.25) is 0 Å². The summed E-state index contributed by atoms with van der Waals surface area (Å²) in [5, 5.41) is 7.19. The molecule has 206 valence electrons. The molecule has 0 spiro atoms. The molecule has 2 aromatic rings. The Hall–Kier alpha value is -2.59. The zero-order valence-corrected chi connectivity index (χ0v) is 22.6. The Morgan fingerprint density at radius 1 is 1.11 bits per heavy atom.